The van der Waals surface area contributed by atoms with Gasteiger partial charge in [0.2, 0.25) is 0 Å². The summed E-state index contributed by atoms with van der Waals surface area (Å²) in [6.45, 7) is 0. The highest BCUT2D eigenvalue weighted by Crippen LogP contribution is 2.20. The van der Waals surface area contributed by atoms with E-state index in [2.05, 4.69) is 9.72 Å². The van der Waals surface area contributed by atoms with Gasteiger partial charge in [0.15, 0.2) is 17.3 Å². The summed E-state index contributed by atoms with van der Waals surface area (Å²) in [5.41, 5.74) is 0.411. The Labute approximate surface area is 90.4 Å². The Kier molecular flexibility index (Phi) is 2.47. The minimum Gasteiger partial charge on any atom is -0.492 e. The van der Waals surface area contributed by atoms with E-state index < -0.39 is 11.8 Å². The number of halogens is 1. The number of nitrogens with zero attached hydrogens (tertiary/aromatic N) is 2. The Morgan fingerprint density at radius 2 is 2.25 bits per heavy atom. The molecule has 0 aliphatic heterocycles. The van der Waals surface area contributed by atoms with Crippen LogP contribution in [-0.4, -0.2) is 29.6 Å². The van der Waals surface area contributed by atoms with Crippen molar-refractivity contribution in [2.24, 2.45) is 0 Å². The van der Waals surface area contributed by atoms with E-state index in [-0.39, 0.29) is 11.4 Å². The normalized spacial score (nSPS) is 10.4. The van der Waals surface area contributed by atoms with Gasteiger partial charge in [0.25, 0.3) is 0 Å². The van der Waals surface area contributed by atoms with Gasteiger partial charge in [-0.05, 0) is 0 Å². The van der Waals surface area contributed by atoms with Crippen LogP contribution in [0.15, 0.2) is 18.6 Å². The smallest absolute Gasteiger partial charge is 0.358 e. The van der Waals surface area contributed by atoms with E-state index in [9.17, 15) is 9.18 Å². The molecule has 2 heterocycles. The fourth-order valence-electron chi connectivity index (χ4n) is 1.40. The van der Waals surface area contributed by atoms with Gasteiger partial charge in [-0.25, -0.2) is 14.2 Å². The largest absolute Gasteiger partial charge is 0.492 e. The Hall–Kier alpha value is -2.11. The first-order valence-electron chi connectivity index (χ1n) is 4.46. The number of methoxy groups -OCH3 is 2. The fourth-order valence-corrected chi connectivity index (χ4v) is 1.40. The minimum absolute atomic E-state index is 0.0732. The van der Waals surface area contributed by atoms with Crippen molar-refractivity contribution in [2.45, 2.75) is 0 Å². The summed E-state index contributed by atoms with van der Waals surface area (Å²) >= 11 is 0. The van der Waals surface area contributed by atoms with Crippen LogP contribution >= 0.6 is 0 Å². The Morgan fingerprint density at radius 1 is 1.50 bits per heavy atom. The van der Waals surface area contributed by atoms with E-state index in [0.717, 1.165) is 0 Å². The highest BCUT2D eigenvalue weighted by atomic mass is 19.1. The van der Waals surface area contributed by atoms with E-state index in [1.807, 2.05) is 0 Å². The first kappa shape index (κ1) is 10.4. The van der Waals surface area contributed by atoms with E-state index >= 15 is 0 Å². The Bertz CT molecular complexity index is 550. The van der Waals surface area contributed by atoms with Gasteiger partial charge >= 0.3 is 5.97 Å². The summed E-state index contributed by atoms with van der Waals surface area (Å²) in [5.74, 6) is -1.07. The second-order valence-electron chi connectivity index (χ2n) is 3.07. The van der Waals surface area contributed by atoms with Crippen LogP contribution in [0.4, 0.5) is 4.39 Å². The number of hydrogen-bond donors (Lipinski definition) is 0. The van der Waals surface area contributed by atoms with Crippen molar-refractivity contribution in [2.75, 3.05) is 14.2 Å². The van der Waals surface area contributed by atoms with Gasteiger partial charge in [-0.1, -0.05) is 0 Å². The van der Waals surface area contributed by atoms with Crippen LogP contribution < -0.4 is 4.74 Å². The predicted molar refractivity (Wildman–Crippen MR) is 53.0 cm³/mol. The molecule has 0 aromatic carbocycles. The van der Waals surface area contributed by atoms with Crippen LogP contribution in [0, 0.1) is 5.82 Å². The fraction of sp³-hybridized carbons (Fsp3) is 0.200. The third-order valence-corrected chi connectivity index (χ3v) is 2.19. The summed E-state index contributed by atoms with van der Waals surface area (Å²) in [6, 6.07) is 1.18. The van der Waals surface area contributed by atoms with Crippen molar-refractivity contribution in [1.82, 2.24) is 9.38 Å². The molecule has 6 heteroatoms. The number of carbonyl (C=O) groups excluding carboxylic acids is 1. The molecule has 0 atom stereocenters. The highest BCUT2D eigenvalue weighted by Gasteiger charge is 2.16. The van der Waals surface area contributed by atoms with E-state index in [1.165, 1.54) is 37.2 Å². The molecule has 84 valence electrons. The molecule has 0 unspecified atom stereocenters. The van der Waals surface area contributed by atoms with Crippen molar-refractivity contribution in [1.29, 1.82) is 0 Å². The molecule has 0 radical (unpaired) electrons. The number of ether oxygens (including phenoxy) is 2. The summed E-state index contributed by atoms with van der Waals surface area (Å²) in [6.07, 6.45) is 2.80. The molecule has 0 spiro atoms. The average Bonchev–Trinajstić information content (AvgIpc) is 2.69. The number of rotatable bonds is 2. The van der Waals surface area contributed by atoms with Crippen LogP contribution in [0.2, 0.25) is 0 Å². The summed E-state index contributed by atoms with van der Waals surface area (Å²) < 4.78 is 24.3. The van der Waals surface area contributed by atoms with E-state index in [0.29, 0.717) is 5.52 Å². The number of esters is 1. The van der Waals surface area contributed by atoms with Crippen molar-refractivity contribution in [3.05, 3.63) is 30.1 Å². The van der Waals surface area contributed by atoms with Gasteiger partial charge in [0, 0.05) is 6.07 Å². The first-order chi connectivity index (χ1) is 7.67. The lowest BCUT2D eigenvalue weighted by Gasteiger charge is -2.03. The molecule has 0 bridgehead atoms. The molecule has 0 saturated carbocycles. The summed E-state index contributed by atoms with van der Waals surface area (Å²) in [7, 11) is 2.61. The molecule has 0 fully saturated rings. The van der Waals surface area contributed by atoms with Crippen molar-refractivity contribution < 1.29 is 18.7 Å². The quantitative estimate of drug-likeness (QED) is 0.721. The minimum atomic E-state index is -0.605. The molecule has 2 aromatic rings. The maximum Gasteiger partial charge on any atom is 0.358 e. The van der Waals surface area contributed by atoms with Gasteiger partial charge in [-0.15, -0.1) is 0 Å². The third kappa shape index (κ3) is 1.48. The highest BCUT2D eigenvalue weighted by molar-refractivity contribution is 5.94. The topological polar surface area (TPSA) is 52.8 Å². The lowest BCUT2D eigenvalue weighted by Crippen LogP contribution is -2.02. The molecule has 0 aliphatic rings. The van der Waals surface area contributed by atoms with Gasteiger partial charge in [0.1, 0.15) is 6.33 Å². The summed E-state index contributed by atoms with van der Waals surface area (Å²) in [5, 5.41) is 0. The Balaban J connectivity index is 2.65. The predicted octanol–water partition coefficient (Wildman–Crippen LogP) is 1.27. The van der Waals surface area contributed by atoms with Gasteiger partial charge in [0.05, 0.1) is 25.9 Å². The van der Waals surface area contributed by atoms with E-state index in [4.69, 9.17) is 4.74 Å². The molecule has 0 N–H and O–H groups in total. The second-order valence-corrected chi connectivity index (χ2v) is 3.07. The van der Waals surface area contributed by atoms with Crippen molar-refractivity contribution >= 4 is 11.5 Å². The van der Waals surface area contributed by atoms with Gasteiger partial charge in [-0.2, -0.15) is 0 Å². The number of hydrogen-bond acceptors (Lipinski definition) is 4. The molecule has 0 saturated heterocycles. The zero-order valence-electron chi connectivity index (χ0n) is 8.73. The second kappa shape index (κ2) is 3.80. The van der Waals surface area contributed by atoms with Gasteiger partial charge < -0.3 is 13.9 Å². The van der Waals surface area contributed by atoms with Crippen molar-refractivity contribution in [3.63, 3.8) is 0 Å². The number of aromatic nitrogens is 2. The molecule has 16 heavy (non-hydrogen) atoms. The molecule has 2 rings (SSSR count). The van der Waals surface area contributed by atoms with Gasteiger partial charge in [-0.3, -0.25) is 0 Å². The Morgan fingerprint density at radius 3 is 2.88 bits per heavy atom. The third-order valence-electron chi connectivity index (χ3n) is 2.19. The number of imidazole rings is 1. The lowest BCUT2D eigenvalue weighted by atomic mass is 10.3. The maximum absolute atomic E-state index is 13.4. The van der Waals surface area contributed by atoms with Crippen molar-refractivity contribution in [3.8, 4) is 5.75 Å². The lowest BCUT2D eigenvalue weighted by molar-refractivity contribution is 0.0597. The van der Waals surface area contributed by atoms with Crippen LogP contribution in [0.25, 0.3) is 5.52 Å². The zero-order valence-corrected chi connectivity index (χ0v) is 8.73. The number of fused-ring (bicyclic) bond motifs is 1. The number of pyridine rings is 1. The molecule has 5 nitrogen and oxygen atoms in total. The van der Waals surface area contributed by atoms with Crippen LogP contribution in [0.3, 0.4) is 0 Å². The number of carbonyl (C=O) groups is 1. The zero-order chi connectivity index (χ0) is 11.7. The molecular weight excluding hydrogens is 215 g/mol. The molecule has 0 amide bonds. The monoisotopic (exact) mass is 224 g/mol. The molecular formula is C10H9FN2O3. The van der Waals surface area contributed by atoms with Crippen LogP contribution in [0.1, 0.15) is 10.5 Å². The molecule has 0 aliphatic carbocycles. The van der Waals surface area contributed by atoms with Crippen LogP contribution in [0.5, 0.6) is 5.75 Å². The first-order valence-corrected chi connectivity index (χ1v) is 4.46. The SMILES string of the molecule is COC(=O)c1ncn2cc(OC)c(F)cc12. The van der Waals surface area contributed by atoms with Crippen LogP contribution in [-0.2, 0) is 4.74 Å². The average molecular weight is 224 g/mol. The summed E-state index contributed by atoms with van der Waals surface area (Å²) in [4.78, 5) is 15.2. The van der Waals surface area contributed by atoms with E-state index in [1.54, 1.807) is 0 Å². The standard InChI is InChI=1S/C10H9FN2O3/c1-15-8-4-13-5-12-9(10(14)16-2)7(13)3-6(8)11/h3-5H,1-2H3. The maximum atomic E-state index is 13.4. The molecule has 2 aromatic heterocycles.